The van der Waals surface area contributed by atoms with E-state index in [0.29, 0.717) is 0 Å². The van der Waals surface area contributed by atoms with Gasteiger partial charge in [0.25, 0.3) is 0 Å². The van der Waals surface area contributed by atoms with E-state index in [1.165, 1.54) is 16.7 Å². The molecular weight excluding hydrogens is 222 g/mol. The molecule has 0 aliphatic heterocycles. The number of rotatable bonds is 4. The predicted octanol–water partition coefficient (Wildman–Crippen LogP) is 2.67. The molecule has 2 rings (SSSR count). The highest BCUT2D eigenvalue weighted by Gasteiger charge is 2.09. The summed E-state index contributed by atoms with van der Waals surface area (Å²) < 4.78 is 2.05. The second-order valence-electron chi connectivity index (χ2n) is 5.02. The van der Waals surface area contributed by atoms with Crippen LogP contribution in [0.3, 0.4) is 0 Å². The highest BCUT2D eigenvalue weighted by atomic mass is 15.0. The van der Waals surface area contributed by atoms with Gasteiger partial charge in [0, 0.05) is 31.9 Å². The van der Waals surface area contributed by atoms with E-state index in [1.807, 2.05) is 24.0 Å². The third-order valence-electron chi connectivity index (χ3n) is 3.27. The maximum atomic E-state index is 6.26. The van der Waals surface area contributed by atoms with E-state index in [4.69, 9.17) is 5.73 Å². The summed E-state index contributed by atoms with van der Waals surface area (Å²) in [6.07, 6.45) is 5.64. The van der Waals surface area contributed by atoms with Crippen molar-refractivity contribution in [3.8, 4) is 0 Å². The number of hydrogen-bond acceptors (Lipinski definition) is 2. The van der Waals surface area contributed by atoms with Crippen LogP contribution in [-0.4, -0.2) is 9.55 Å². The molecular formula is C15H21N3. The van der Waals surface area contributed by atoms with E-state index in [1.54, 1.807) is 0 Å². The summed E-state index contributed by atoms with van der Waals surface area (Å²) >= 11 is 0. The first kappa shape index (κ1) is 12.8. The van der Waals surface area contributed by atoms with Crippen molar-refractivity contribution in [2.75, 3.05) is 0 Å². The highest BCUT2D eigenvalue weighted by molar-refractivity contribution is 5.30. The Morgan fingerprint density at radius 1 is 1.22 bits per heavy atom. The molecule has 1 heterocycles. The molecule has 0 aliphatic carbocycles. The Hall–Kier alpha value is -1.61. The SMILES string of the molecule is Cc1cc(C)cc(C(N)CCc2nccn2C)c1. The van der Waals surface area contributed by atoms with Gasteiger partial charge in [0.1, 0.15) is 5.82 Å². The van der Waals surface area contributed by atoms with Gasteiger partial charge in [-0.1, -0.05) is 29.3 Å². The second kappa shape index (κ2) is 5.36. The first-order valence-electron chi connectivity index (χ1n) is 6.36. The lowest BCUT2D eigenvalue weighted by Crippen LogP contribution is -2.13. The average Bonchev–Trinajstić information content (AvgIpc) is 2.70. The maximum absolute atomic E-state index is 6.26. The van der Waals surface area contributed by atoms with Crippen molar-refractivity contribution in [1.29, 1.82) is 0 Å². The Bertz CT molecular complexity index is 508. The molecule has 0 fully saturated rings. The lowest BCUT2D eigenvalue weighted by atomic mass is 9.98. The first-order valence-corrected chi connectivity index (χ1v) is 6.36. The van der Waals surface area contributed by atoms with Gasteiger partial charge in [-0.05, 0) is 25.8 Å². The predicted molar refractivity (Wildman–Crippen MR) is 74.4 cm³/mol. The number of aromatic nitrogens is 2. The van der Waals surface area contributed by atoms with Gasteiger partial charge in [-0.15, -0.1) is 0 Å². The van der Waals surface area contributed by atoms with Crippen molar-refractivity contribution >= 4 is 0 Å². The van der Waals surface area contributed by atoms with Crippen molar-refractivity contribution in [2.24, 2.45) is 12.8 Å². The zero-order valence-electron chi connectivity index (χ0n) is 11.4. The van der Waals surface area contributed by atoms with Crippen molar-refractivity contribution in [1.82, 2.24) is 9.55 Å². The minimum atomic E-state index is 0.0836. The molecule has 3 heteroatoms. The second-order valence-corrected chi connectivity index (χ2v) is 5.02. The fourth-order valence-corrected chi connectivity index (χ4v) is 2.31. The van der Waals surface area contributed by atoms with E-state index in [-0.39, 0.29) is 6.04 Å². The van der Waals surface area contributed by atoms with Gasteiger partial charge in [-0.25, -0.2) is 4.98 Å². The van der Waals surface area contributed by atoms with Crippen LogP contribution in [0.15, 0.2) is 30.6 Å². The minimum Gasteiger partial charge on any atom is -0.338 e. The Labute approximate surface area is 109 Å². The van der Waals surface area contributed by atoms with Crippen LogP contribution in [0.5, 0.6) is 0 Å². The molecule has 1 atom stereocenters. The first-order chi connectivity index (χ1) is 8.56. The third-order valence-corrected chi connectivity index (χ3v) is 3.27. The molecule has 0 spiro atoms. The topological polar surface area (TPSA) is 43.8 Å². The van der Waals surface area contributed by atoms with Gasteiger partial charge < -0.3 is 10.3 Å². The maximum Gasteiger partial charge on any atom is 0.108 e. The third kappa shape index (κ3) is 2.99. The van der Waals surface area contributed by atoms with Gasteiger partial charge in [-0.2, -0.15) is 0 Å². The van der Waals surface area contributed by atoms with Crippen molar-refractivity contribution in [3.63, 3.8) is 0 Å². The van der Waals surface area contributed by atoms with Crippen molar-refractivity contribution in [3.05, 3.63) is 53.1 Å². The van der Waals surface area contributed by atoms with Gasteiger partial charge in [0.15, 0.2) is 0 Å². The summed E-state index contributed by atoms with van der Waals surface area (Å²) in [5, 5.41) is 0. The van der Waals surface area contributed by atoms with Crippen LogP contribution in [0.2, 0.25) is 0 Å². The summed E-state index contributed by atoms with van der Waals surface area (Å²) in [6.45, 7) is 4.23. The number of benzene rings is 1. The summed E-state index contributed by atoms with van der Waals surface area (Å²) in [5.74, 6) is 1.09. The van der Waals surface area contributed by atoms with E-state index in [0.717, 1.165) is 18.7 Å². The zero-order chi connectivity index (χ0) is 13.1. The van der Waals surface area contributed by atoms with Crippen LogP contribution < -0.4 is 5.73 Å². The fraction of sp³-hybridized carbons (Fsp3) is 0.400. The molecule has 0 saturated heterocycles. The summed E-state index contributed by atoms with van der Waals surface area (Å²) in [7, 11) is 2.02. The highest BCUT2D eigenvalue weighted by Crippen LogP contribution is 2.19. The van der Waals surface area contributed by atoms with Crippen LogP contribution in [0.25, 0.3) is 0 Å². The Balaban J connectivity index is 2.03. The molecule has 1 unspecified atom stereocenters. The summed E-state index contributed by atoms with van der Waals surface area (Å²) in [6, 6.07) is 6.61. The molecule has 0 radical (unpaired) electrons. The summed E-state index contributed by atoms with van der Waals surface area (Å²) in [4.78, 5) is 4.32. The van der Waals surface area contributed by atoms with E-state index in [2.05, 4.69) is 37.0 Å². The zero-order valence-corrected chi connectivity index (χ0v) is 11.4. The normalized spacial score (nSPS) is 12.7. The Morgan fingerprint density at radius 3 is 2.44 bits per heavy atom. The van der Waals surface area contributed by atoms with E-state index < -0.39 is 0 Å². The number of nitrogens with two attached hydrogens (primary N) is 1. The molecule has 96 valence electrons. The Kier molecular flexibility index (Phi) is 3.82. The number of imidazole rings is 1. The van der Waals surface area contributed by atoms with Crippen LogP contribution in [-0.2, 0) is 13.5 Å². The summed E-state index contributed by atoms with van der Waals surface area (Å²) in [5.41, 5.74) is 10.0. The molecule has 3 nitrogen and oxygen atoms in total. The molecule has 1 aromatic carbocycles. The quantitative estimate of drug-likeness (QED) is 0.897. The van der Waals surface area contributed by atoms with Gasteiger partial charge in [0.2, 0.25) is 0 Å². The monoisotopic (exact) mass is 243 g/mol. The van der Waals surface area contributed by atoms with Crippen molar-refractivity contribution < 1.29 is 0 Å². The molecule has 0 amide bonds. The van der Waals surface area contributed by atoms with Gasteiger partial charge in [-0.3, -0.25) is 0 Å². The standard InChI is InChI=1S/C15H21N3/c1-11-8-12(2)10-13(9-11)14(16)4-5-15-17-6-7-18(15)3/h6-10,14H,4-5,16H2,1-3H3. The molecule has 2 aromatic rings. The van der Waals surface area contributed by atoms with Crippen LogP contribution in [0.1, 0.15) is 35.0 Å². The van der Waals surface area contributed by atoms with Crippen LogP contribution in [0, 0.1) is 13.8 Å². The molecule has 0 aliphatic rings. The number of hydrogen-bond donors (Lipinski definition) is 1. The molecule has 0 saturated carbocycles. The van der Waals surface area contributed by atoms with Gasteiger partial charge >= 0.3 is 0 Å². The lowest BCUT2D eigenvalue weighted by Gasteiger charge is -2.13. The van der Waals surface area contributed by atoms with E-state index >= 15 is 0 Å². The molecule has 2 N–H and O–H groups in total. The Morgan fingerprint density at radius 2 is 1.89 bits per heavy atom. The molecule has 1 aromatic heterocycles. The number of aryl methyl sites for hydroxylation is 4. The van der Waals surface area contributed by atoms with Crippen LogP contribution in [0.4, 0.5) is 0 Å². The fourth-order valence-electron chi connectivity index (χ4n) is 2.31. The van der Waals surface area contributed by atoms with E-state index in [9.17, 15) is 0 Å². The average molecular weight is 243 g/mol. The lowest BCUT2D eigenvalue weighted by molar-refractivity contribution is 0.620. The minimum absolute atomic E-state index is 0.0836. The largest absolute Gasteiger partial charge is 0.338 e. The molecule has 18 heavy (non-hydrogen) atoms. The smallest absolute Gasteiger partial charge is 0.108 e. The van der Waals surface area contributed by atoms with Crippen molar-refractivity contribution in [2.45, 2.75) is 32.7 Å². The van der Waals surface area contributed by atoms with Crippen LogP contribution >= 0.6 is 0 Å². The number of nitrogens with zero attached hydrogens (tertiary/aromatic N) is 2. The van der Waals surface area contributed by atoms with Gasteiger partial charge in [0.05, 0.1) is 0 Å². The molecule has 0 bridgehead atoms.